The molecule has 0 fully saturated rings. The highest BCUT2D eigenvalue weighted by Gasteiger charge is 2.21. The summed E-state index contributed by atoms with van der Waals surface area (Å²) < 4.78 is 5.71. The minimum atomic E-state index is -0.924. The van der Waals surface area contributed by atoms with E-state index >= 15 is 0 Å². The standard InChI is InChI=1S/C15H11BrN2O6/c1-2-9-3-4-14(13(16)5-9)24-15(19)10-6-11(17(20)21)8-12(7-10)18(22)23/h3-8H,2H2,1H3. The molecule has 0 atom stereocenters. The largest absolute Gasteiger partial charge is 0.422 e. The molecule has 0 amide bonds. The van der Waals surface area contributed by atoms with Crippen molar-refractivity contribution in [1.82, 2.24) is 0 Å². The molecule has 0 aromatic heterocycles. The number of rotatable bonds is 5. The number of hydrogen-bond acceptors (Lipinski definition) is 6. The highest BCUT2D eigenvalue weighted by atomic mass is 79.9. The van der Waals surface area contributed by atoms with E-state index in [1.807, 2.05) is 6.92 Å². The van der Waals surface area contributed by atoms with E-state index in [1.165, 1.54) is 0 Å². The van der Waals surface area contributed by atoms with E-state index in [9.17, 15) is 25.0 Å². The molecule has 0 bridgehead atoms. The lowest BCUT2D eigenvalue weighted by molar-refractivity contribution is -0.394. The Balaban J connectivity index is 2.35. The SMILES string of the molecule is CCc1ccc(OC(=O)c2cc([N+](=O)[O-])cc([N+](=O)[O-])c2)c(Br)c1. The van der Waals surface area contributed by atoms with Gasteiger partial charge in [-0.05, 0) is 40.0 Å². The molecular formula is C15H11BrN2O6. The van der Waals surface area contributed by atoms with Crippen LogP contribution in [0.25, 0.3) is 0 Å². The molecular weight excluding hydrogens is 384 g/mol. The Bertz CT molecular complexity index is 804. The van der Waals surface area contributed by atoms with E-state index in [0.29, 0.717) is 4.47 Å². The third-order valence-corrected chi connectivity index (χ3v) is 3.79. The van der Waals surface area contributed by atoms with Gasteiger partial charge in [-0.2, -0.15) is 0 Å². The zero-order valence-corrected chi connectivity index (χ0v) is 14.0. The topological polar surface area (TPSA) is 113 Å². The molecule has 0 unspecified atom stereocenters. The van der Waals surface area contributed by atoms with Crippen molar-refractivity contribution in [2.24, 2.45) is 0 Å². The summed E-state index contributed by atoms with van der Waals surface area (Å²) in [5.74, 6) is -0.710. The van der Waals surface area contributed by atoms with Crippen LogP contribution in [0.1, 0.15) is 22.8 Å². The van der Waals surface area contributed by atoms with E-state index < -0.39 is 27.2 Å². The van der Waals surface area contributed by atoms with Gasteiger partial charge in [-0.15, -0.1) is 0 Å². The van der Waals surface area contributed by atoms with Gasteiger partial charge < -0.3 is 4.74 Å². The molecule has 0 N–H and O–H groups in total. The molecule has 0 aliphatic heterocycles. The van der Waals surface area contributed by atoms with Crippen molar-refractivity contribution in [3.05, 3.63) is 72.2 Å². The fourth-order valence-electron chi connectivity index (χ4n) is 1.93. The smallest absolute Gasteiger partial charge is 0.344 e. The Kier molecular flexibility index (Phi) is 5.24. The van der Waals surface area contributed by atoms with Crippen molar-refractivity contribution in [1.29, 1.82) is 0 Å². The average molecular weight is 395 g/mol. The number of esters is 1. The summed E-state index contributed by atoms with van der Waals surface area (Å²) >= 11 is 3.27. The predicted octanol–water partition coefficient (Wildman–Crippen LogP) is 4.05. The van der Waals surface area contributed by atoms with Gasteiger partial charge >= 0.3 is 5.97 Å². The second kappa shape index (κ2) is 7.18. The van der Waals surface area contributed by atoms with Crippen molar-refractivity contribution < 1.29 is 19.4 Å². The highest BCUT2D eigenvalue weighted by molar-refractivity contribution is 9.10. The van der Waals surface area contributed by atoms with Gasteiger partial charge in [-0.25, -0.2) is 4.79 Å². The molecule has 0 aliphatic carbocycles. The minimum Gasteiger partial charge on any atom is -0.422 e. The Morgan fingerprint density at radius 3 is 2.12 bits per heavy atom. The summed E-state index contributed by atoms with van der Waals surface area (Å²) in [6.45, 7) is 1.97. The van der Waals surface area contributed by atoms with E-state index in [-0.39, 0.29) is 11.3 Å². The van der Waals surface area contributed by atoms with Crippen LogP contribution >= 0.6 is 15.9 Å². The Morgan fingerprint density at radius 2 is 1.67 bits per heavy atom. The average Bonchev–Trinajstić information content (AvgIpc) is 2.55. The van der Waals surface area contributed by atoms with E-state index in [2.05, 4.69) is 15.9 Å². The summed E-state index contributed by atoms with van der Waals surface area (Å²) in [6, 6.07) is 7.77. The molecule has 24 heavy (non-hydrogen) atoms. The number of halogens is 1. The van der Waals surface area contributed by atoms with Crippen LogP contribution in [0.5, 0.6) is 5.75 Å². The Labute approximate surface area is 144 Å². The van der Waals surface area contributed by atoms with Crippen molar-refractivity contribution in [3.63, 3.8) is 0 Å². The van der Waals surface area contributed by atoms with E-state index in [4.69, 9.17) is 4.74 Å². The Hall–Kier alpha value is -2.81. The summed E-state index contributed by atoms with van der Waals surface area (Å²) in [5.41, 5.74) is -0.372. The first-order valence-corrected chi connectivity index (χ1v) is 7.55. The van der Waals surface area contributed by atoms with Crippen molar-refractivity contribution in [2.45, 2.75) is 13.3 Å². The molecule has 2 rings (SSSR count). The van der Waals surface area contributed by atoms with E-state index in [0.717, 1.165) is 30.2 Å². The molecule has 2 aromatic carbocycles. The maximum absolute atomic E-state index is 12.2. The van der Waals surface area contributed by atoms with Gasteiger partial charge in [0.1, 0.15) is 5.75 Å². The van der Waals surface area contributed by atoms with Crippen LogP contribution in [-0.4, -0.2) is 15.8 Å². The number of nitrogens with zero attached hydrogens (tertiary/aromatic N) is 2. The van der Waals surface area contributed by atoms with Crippen LogP contribution in [0.3, 0.4) is 0 Å². The fraction of sp³-hybridized carbons (Fsp3) is 0.133. The molecule has 0 saturated heterocycles. The normalized spacial score (nSPS) is 10.2. The number of ether oxygens (including phenoxy) is 1. The van der Waals surface area contributed by atoms with Crippen LogP contribution in [-0.2, 0) is 6.42 Å². The second-order valence-electron chi connectivity index (χ2n) is 4.76. The molecule has 0 spiro atoms. The lowest BCUT2D eigenvalue weighted by atomic mass is 10.1. The van der Waals surface area contributed by atoms with Crippen molar-refractivity contribution >= 4 is 33.3 Å². The lowest BCUT2D eigenvalue weighted by Gasteiger charge is -2.08. The first-order chi connectivity index (χ1) is 11.3. The monoisotopic (exact) mass is 394 g/mol. The number of carbonyl (C=O) groups excluding carboxylic acids is 1. The second-order valence-corrected chi connectivity index (χ2v) is 5.61. The van der Waals surface area contributed by atoms with Gasteiger partial charge in [-0.1, -0.05) is 13.0 Å². The number of nitro benzene ring substituents is 2. The van der Waals surface area contributed by atoms with Crippen molar-refractivity contribution in [3.8, 4) is 5.75 Å². The number of non-ortho nitro benzene ring substituents is 2. The highest BCUT2D eigenvalue weighted by Crippen LogP contribution is 2.28. The molecule has 0 saturated carbocycles. The minimum absolute atomic E-state index is 0.214. The van der Waals surface area contributed by atoms with Crippen LogP contribution < -0.4 is 4.74 Å². The molecule has 8 nitrogen and oxygen atoms in total. The number of benzene rings is 2. The summed E-state index contributed by atoms with van der Waals surface area (Å²) in [7, 11) is 0. The molecule has 0 radical (unpaired) electrons. The first-order valence-electron chi connectivity index (χ1n) is 6.76. The summed E-state index contributed by atoms with van der Waals surface area (Å²) in [4.78, 5) is 32.3. The maximum Gasteiger partial charge on any atom is 0.344 e. The maximum atomic E-state index is 12.2. The Morgan fingerprint density at radius 1 is 1.08 bits per heavy atom. The fourth-order valence-corrected chi connectivity index (χ4v) is 2.44. The third kappa shape index (κ3) is 3.93. The molecule has 0 aliphatic rings. The molecule has 2 aromatic rings. The van der Waals surface area contributed by atoms with Crippen LogP contribution in [0, 0.1) is 20.2 Å². The van der Waals surface area contributed by atoms with Gasteiger partial charge in [0, 0.05) is 12.1 Å². The van der Waals surface area contributed by atoms with Gasteiger partial charge in [-0.3, -0.25) is 20.2 Å². The molecule has 0 heterocycles. The van der Waals surface area contributed by atoms with Gasteiger partial charge in [0.2, 0.25) is 0 Å². The van der Waals surface area contributed by atoms with Crippen LogP contribution in [0.15, 0.2) is 40.9 Å². The van der Waals surface area contributed by atoms with Crippen molar-refractivity contribution in [2.75, 3.05) is 0 Å². The van der Waals surface area contributed by atoms with Gasteiger partial charge in [0.05, 0.1) is 25.9 Å². The summed E-state index contributed by atoms with van der Waals surface area (Å²) in [5, 5.41) is 21.7. The number of nitro groups is 2. The number of hydrogen-bond donors (Lipinski definition) is 0. The van der Waals surface area contributed by atoms with Gasteiger partial charge in [0.25, 0.3) is 11.4 Å². The summed E-state index contributed by atoms with van der Waals surface area (Å²) in [6.07, 6.45) is 0.796. The predicted molar refractivity (Wildman–Crippen MR) is 88.2 cm³/mol. The molecule has 124 valence electrons. The lowest BCUT2D eigenvalue weighted by Crippen LogP contribution is -2.10. The van der Waals surface area contributed by atoms with Crippen LogP contribution in [0.4, 0.5) is 11.4 Å². The van der Waals surface area contributed by atoms with Crippen LogP contribution in [0.2, 0.25) is 0 Å². The zero-order valence-electron chi connectivity index (χ0n) is 12.4. The van der Waals surface area contributed by atoms with Gasteiger partial charge in [0.15, 0.2) is 0 Å². The van der Waals surface area contributed by atoms with E-state index in [1.54, 1.807) is 18.2 Å². The molecule has 9 heteroatoms. The third-order valence-electron chi connectivity index (χ3n) is 3.17. The number of carbonyl (C=O) groups is 1. The zero-order chi connectivity index (χ0) is 17.9. The number of aryl methyl sites for hydroxylation is 1. The first kappa shape index (κ1) is 17.5. The quantitative estimate of drug-likeness (QED) is 0.327.